The van der Waals surface area contributed by atoms with E-state index in [4.69, 9.17) is 0 Å². The van der Waals surface area contributed by atoms with Crippen LogP contribution in [0.4, 0.5) is 0 Å². The van der Waals surface area contributed by atoms with E-state index in [0.717, 1.165) is 13.0 Å². The van der Waals surface area contributed by atoms with Crippen LogP contribution in [0.3, 0.4) is 0 Å². The quantitative estimate of drug-likeness (QED) is 0.435. The van der Waals surface area contributed by atoms with E-state index < -0.39 is 0 Å². The number of rotatable bonds is 4. The average Bonchev–Trinajstić information content (AvgIpc) is 1.97. The van der Waals surface area contributed by atoms with Gasteiger partial charge in [0.15, 0.2) is 0 Å². The number of hydrogen-bond donors (Lipinski definition) is 0. The first kappa shape index (κ1) is 10.4. The molecule has 0 aromatic carbocycles. The second-order valence-electron chi connectivity index (χ2n) is 3.26. The van der Waals surface area contributed by atoms with Gasteiger partial charge in [-0.25, -0.2) is 0 Å². The van der Waals surface area contributed by atoms with E-state index in [0.29, 0.717) is 0 Å². The van der Waals surface area contributed by atoms with Crippen LogP contribution in [-0.2, 0) is 0 Å². The minimum atomic E-state index is 0.131. The third-order valence-corrected chi connectivity index (χ3v) is 1.39. The van der Waals surface area contributed by atoms with Crippen molar-refractivity contribution in [2.75, 3.05) is 6.54 Å². The van der Waals surface area contributed by atoms with Crippen LogP contribution in [0.15, 0.2) is 17.1 Å². The molecule has 0 bridgehead atoms. The molecule has 0 rings (SSSR count). The van der Waals surface area contributed by atoms with Gasteiger partial charge in [-0.3, -0.25) is 4.99 Å². The minimum absolute atomic E-state index is 0.131. The van der Waals surface area contributed by atoms with Crippen molar-refractivity contribution in [2.45, 2.75) is 34.1 Å². The number of aliphatic imine (C=N–C) groups is 1. The summed E-state index contributed by atoms with van der Waals surface area (Å²) in [4.78, 5) is 4.22. The summed E-state index contributed by atoms with van der Waals surface area (Å²) in [6.45, 7) is 9.40. The summed E-state index contributed by atoms with van der Waals surface area (Å²) < 4.78 is 0. The highest BCUT2D eigenvalue weighted by atomic mass is 14.7. The second-order valence-corrected chi connectivity index (χ2v) is 3.26. The molecule has 0 saturated carbocycles. The number of nitrogens with zero attached hydrogens (tertiary/aromatic N) is 1. The first-order valence-electron chi connectivity index (χ1n) is 4.31. The molecular formula is C10H19N. The molecule has 0 N–H and O–H groups in total. The largest absolute Gasteiger partial charge is 0.297 e. The molecule has 0 atom stereocenters. The van der Waals surface area contributed by atoms with Crippen molar-refractivity contribution in [3.05, 3.63) is 12.2 Å². The molecular weight excluding hydrogens is 134 g/mol. The van der Waals surface area contributed by atoms with Crippen LogP contribution >= 0.6 is 0 Å². The Morgan fingerprint density at radius 3 is 2.36 bits per heavy atom. The van der Waals surface area contributed by atoms with Crippen molar-refractivity contribution >= 4 is 6.21 Å². The fraction of sp³-hybridized carbons (Fsp3) is 0.700. The van der Waals surface area contributed by atoms with Crippen LogP contribution in [0.1, 0.15) is 34.1 Å². The molecule has 0 aliphatic rings. The predicted octanol–water partition coefficient (Wildman–Crippen LogP) is 3.07. The van der Waals surface area contributed by atoms with E-state index in [1.54, 1.807) is 0 Å². The van der Waals surface area contributed by atoms with Crippen LogP contribution in [0.2, 0.25) is 0 Å². The molecule has 0 heterocycles. The Hall–Kier alpha value is -0.590. The van der Waals surface area contributed by atoms with Gasteiger partial charge in [0, 0.05) is 18.2 Å². The third-order valence-electron chi connectivity index (χ3n) is 1.39. The molecule has 1 heteroatoms. The van der Waals surface area contributed by atoms with Crippen molar-refractivity contribution < 1.29 is 0 Å². The van der Waals surface area contributed by atoms with Gasteiger partial charge in [0.2, 0.25) is 0 Å². The van der Waals surface area contributed by atoms with E-state index >= 15 is 0 Å². The second kappa shape index (κ2) is 5.11. The van der Waals surface area contributed by atoms with E-state index in [1.165, 1.54) is 0 Å². The van der Waals surface area contributed by atoms with Crippen LogP contribution in [0.5, 0.6) is 0 Å². The van der Waals surface area contributed by atoms with E-state index in [1.807, 2.05) is 6.21 Å². The molecule has 0 unspecified atom stereocenters. The first-order valence-corrected chi connectivity index (χ1v) is 4.31. The maximum atomic E-state index is 4.22. The Morgan fingerprint density at radius 2 is 1.91 bits per heavy atom. The summed E-state index contributed by atoms with van der Waals surface area (Å²) in [6, 6.07) is 0. The minimum Gasteiger partial charge on any atom is -0.297 e. The summed E-state index contributed by atoms with van der Waals surface area (Å²) in [5.41, 5.74) is 0.131. The average molecular weight is 153 g/mol. The molecule has 0 radical (unpaired) electrons. The molecule has 0 saturated heterocycles. The smallest absolute Gasteiger partial charge is 0.0357 e. The van der Waals surface area contributed by atoms with Gasteiger partial charge in [0.1, 0.15) is 0 Å². The standard InChI is InChI=1S/C10H19N/c1-5-7-8-10(3,4)9-11-6-2/h7-9H,5-6H2,1-4H3/b8-7-,11-9?. The van der Waals surface area contributed by atoms with Gasteiger partial charge >= 0.3 is 0 Å². The van der Waals surface area contributed by atoms with Gasteiger partial charge in [-0.2, -0.15) is 0 Å². The highest BCUT2D eigenvalue weighted by molar-refractivity contribution is 5.67. The lowest BCUT2D eigenvalue weighted by Crippen LogP contribution is -2.08. The van der Waals surface area contributed by atoms with E-state index in [9.17, 15) is 0 Å². The van der Waals surface area contributed by atoms with Crippen LogP contribution in [0, 0.1) is 5.41 Å². The van der Waals surface area contributed by atoms with Crippen molar-refractivity contribution in [1.82, 2.24) is 0 Å². The zero-order valence-electron chi connectivity index (χ0n) is 8.09. The summed E-state index contributed by atoms with van der Waals surface area (Å²) in [6.07, 6.45) is 7.50. The predicted molar refractivity (Wildman–Crippen MR) is 52.2 cm³/mol. The third kappa shape index (κ3) is 5.84. The zero-order valence-corrected chi connectivity index (χ0v) is 8.09. The Labute approximate surface area is 70.2 Å². The van der Waals surface area contributed by atoms with Crippen LogP contribution in [-0.4, -0.2) is 12.8 Å². The molecule has 0 aliphatic carbocycles. The maximum Gasteiger partial charge on any atom is 0.0357 e. The summed E-state index contributed by atoms with van der Waals surface area (Å²) in [5.74, 6) is 0. The molecule has 11 heavy (non-hydrogen) atoms. The van der Waals surface area contributed by atoms with Crippen molar-refractivity contribution in [3.63, 3.8) is 0 Å². The van der Waals surface area contributed by atoms with Crippen molar-refractivity contribution in [3.8, 4) is 0 Å². The molecule has 0 spiro atoms. The fourth-order valence-corrected chi connectivity index (χ4v) is 0.791. The Bertz CT molecular complexity index is 127. The van der Waals surface area contributed by atoms with E-state index in [2.05, 4.69) is 44.8 Å². The van der Waals surface area contributed by atoms with Gasteiger partial charge < -0.3 is 0 Å². The van der Waals surface area contributed by atoms with Gasteiger partial charge in [-0.15, -0.1) is 0 Å². The highest BCUT2D eigenvalue weighted by Gasteiger charge is 2.08. The molecule has 64 valence electrons. The van der Waals surface area contributed by atoms with E-state index in [-0.39, 0.29) is 5.41 Å². The topological polar surface area (TPSA) is 12.4 Å². The molecule has 0 aromatic rings. The summed E-state index contributed by atoms with van der Waals surface area (Å²) >= 11 is 0. The molecule has 0 aromatic heterocycles. The Kier molecular flexibility index (Phi) is 4.84. The first-order chi connectivity index (χ1) is 5.12. The SMILES string of the molecule is CC/C=C\C(C)(C)C=NCC. The summed E-state index contributed by atoms with van der Waals surface area (Å²) in [5, 5.41) is 0. The van der Waals surface area contributed by atoms with Gasteiger partial charge in [0.25, 0.3) is 0 Å². The monoisotopic (exact) mass is 153 g/mol. The number of allylic oxidation sites excluding steroid dienone is 2. The fourth-order valence-electron chi connectivity index (χ4n) is 0.791. The normalized spacial score (nSPS) is 13.5. The lowest BCUT2D eigenvalue weighted by atomic mass is 9.94. The lowest BCUT2D eigenvalue weighted by Gasteiger charge is -2.12. The zero-order chi connectivity index (χ0) is 8.74. The Morgan fingerprint density at radius 1 is 1.27 bits per heavy atom. The van der Waals surface area contributed by atoms with Gasteiger partial charge in [-0.05, 0) is 13.3 Å². The van der Waals surface area contributed by atoms with Crippen LogP contribution in [0.25, 0.3) is 0 Å². The van der Waals surface area contributed by atoms with Gasteiger partial charge in [-0.1, -0.05) is 32.9 Å². The summed E-state index contributed by atoms with van der Waals surface area (Å²) in [7, 11) is 0. The van der Waals surface area contributed by atoms with Crippen molar-refractivity contribution in [1.29, 1.82) is 0 Å². The maximum absolute atomic E-state index is 4.22. The lowest BCUT2D eigenvalue weighted by molar-refractivity contribution is 0.687. The molecule has 0 fully saturated rings. The highest BCUT2D eigenvalue weighted by Crippen LogP contribution is 2.13. The van der Waals surface area contributed by atoms with Crippen LogP contribution < -0.4 is 0 Å². The van der Waals surface area contributed by atoms with Gasteiger partial charge in [0.05, 0.1) is 0 Å². The molecule has 0 amide bonds. The molecule has 1 nitrogen and oxygen atoms in total. The Balaban J connectivity index is 3.99. The van der Waals surface area contributed by atoms with Crippen molar-refractivity contribution in [2.24, 2.45) is 10.4 Å². The molecule has 0 aliphatic heterocycles. The number of hydrogen-bond acceptors (Lipinski definition) is 1.